The van der Waals surface area contributed by atoms with Gasteiger partial charge < -0.3 is 14.6 Å². The largest absolute Gasteiger partial charge is 0.467 e. The van der Waals surface area contributed by atoms with E-state index in [0.29, 0.717) is 25.6 Å². The summed E-state index contributed by atoms with van der Waals surface area (Å²) in [6.07, 6.45) is 3.97. The number of carbonyl (C=O) groups is 2. The zero-order chi connectivity index (χ0) is 19.0. The SMILES string of the molecule is COC(=O)[C@H]1Cc2c([nH]c3ccccc23)CN1C(=O)CN1CCCC[C@H]1C. The number of nitrogens with zero attached hydrogens (tertiary/aromatic N) is 2. The first-order valence-corrected chi connectivity index (χ1v) is 9.78. The number of ether oxygens (including phenoxy) is 1. The number of carbonyl (C=O) groups excluding carboxylic acids is 2. The van der Waals surface area contributed by atoms with Crippen LogP contribution in [0.25, 0.3) is 10.9 Å². The minimum Gasteiger partial charge on any atom is -0.467 e. The van der Waals surface area contributed by atoms with Gasteiger partial charge in [0, 0.05) is 29.1 Å². The highest BCUT2D eigenvalue weighted by atomic mass is 16.5. The molecule has 1 fully saturated rings. The van der Waals surface area contributed by atoms with Crippen LogP contribution < -0.4 is 0 Å². The Hall–Kier alpha value is -2.34. The summed E-state index contributed by atoms with van der Waals surface area (Å²) in [4.78, 5) is 33.0. The molecule has 1 N–H and O–H groups in total. The van der Waals surface area contributed by atoms with Gasteiger partial charge in [0.15, 0.2) is 0 Å². The molecule has 2 atom stereocenters. The van der Waals surface area contributed by atoms with E-state index in [-0.39, 0.29) is 11.9 Å². The minimum atomic E-state index is -0.561. The highest BCUT2D eigenvalue weighted by Gasteiger charge is 2.37. The summed E-state index contributed by atoms with van der Waals surface area (Å²) in [5, 5.41) is 1.12. The normalized spacial score (nSPS) is 23.3. The monoisotopic (exact) mass is 369 g/mol. The van der Waals surface area contributed by atoms with E-state index >= 15 is 0 Å². The first-order chi connectivity index (χ1) is 13.1. The van der Waals surface area contributed by atoms with Gasteiger partial charge in [-0.05, 0) is 37.9 Å². The van der Waals surface area contributed by atoms with Crippen LogP contribution >= 0.6 is 0 Å². The standard InChI is InChI=1S/C21H27N3O3/c1-14-7-5-6-10-23(14)13-20(25)24-12-18-16(11-19(24)21(26)27-2)15-8-3-4-9-17(15)22-18/h3-4,8-9,14,19,22H,5-7,10-13H2,1-2H3/t14-,19-/m1/s1. The smallest absolute Gasteiger partial charge is 0.328 e. The van der Waals surface area contributed by atoms with Crippen molar-refractivity contribution >= 4 is 22.8 Å². The Morgan fingerprint density at radius 1 is 1.26 bits per heavy atom. The molecule has 0 radical (unpaired) electrons. The Morgan fingerprint density at radius 2 is 2.07 bits per heavy atom. The van der Waals surface area contributed by atoms with Crippen LogP contribution in [0.4, 0.5) is 0 Å². The van der Waals surface area contributed by atoms with Crippen LogP contribution in [-0.4, -0.2) is 58.9 Å². The van der Waals surface area contributed by atoms with Crippen molar-refractivity contribution in [3.63, 3.8) is 0 Å². The molecule has 0 spiro atoms. The second kappa shape index (κ2) is 7.35. The van der Waals surface area contributed by atoms with Gasteiger partial charge in [0.05, 0.1) is 20.2 Å². The summed E-state index contributed by atoms with van der Waals surface area (Å²) in [5.41, 5.74) is 3.19. The molecule has 0 aliphatic carbocycles. The summed E-state index contributed by atoms with van der Waals surface area (Å²) in [5.74, 6) is -0.338. The zero-order valence-electron chi connectivity index (χ0n) is 16.0. The molecule has 1 saturated heterocycles. The molecule has 6 heteroatoms. The van der Waals surface area contributed by atoms with E-state index in [4.69, 9.17) is 4.74 Å². The van der Waals surface area contributed by atoms with Crippen molar-refractivity contribution in [3.8, 4) is 0 Å². The molecule has 1 amide bonds. The van der Waals surface area contributed by atoms with Crippen molar-refractivity contribution in [1.82, 2.24) is 14.8 Å². The number of likely N-dealkylation sites (tertiary alicyclic amines) is 1. The number of hydrogen-bond donors (Lipinski definition) is 1. The number of aromatic nitrogens is 1. The fourth-order valence-corrected chi connectivity index (χ4v) is 4.47. The lowest BCUT2D eigenvalue weighted by atomic mass is 9.96. The maximum atomic E-state index is 13.1. The summed E-state index contributed by atoms with van der Waals surface area (Å²) < 4.78 is 5.03. The van der Waals surface area contributed by atoms with Gasteiger partial charge >= 0.3 is 5.97 Å². The first kappa shape index (κ1) is 18.0. The fourth-order valence-electron chi connectivity index (χ4n) is 4.47. The summed E-state index contributed by atoms with van der Waals surface area (Å²) in [6, 6.07) is 7.93. The molecule has 1 aromatic heterocycles. The molecule has 0 unspecified atom stereocenters. The molecular weight excluding hydrogens is 342 g/mol. The lowest BCUT2D eigenvalue weighted by Gasteiger charge is -2.38. The lowest BCUT2D eigenvalue weighted by molar-refractivity contribution is -0.154. The number of hydrogen-bond acceptors (Lipinski definition) is 4. The molecule has 6 nitrogen and oxygen atoms in total. The lowest BCUT2D eigenvalue weighted by Crippen LogP contribution is -2.53. The van der Waals surface area contributed by atoms with Crippen molar-refractivity contribution in [2.24, 2.45) is 0 Å². The summed E-state index contributed by atoms with van der Waals surface area (Å²) >= 11 is 0. The molecule has 0 saturated carbocycles. The van der Waals surface area contributed by atoms with Crippen molar-refractivity contribution in [1.29, 1.82) is 0 Å². The van der Waals surface area contributed by atoms with Crippen LogP contribution in [0.2, 0.25) is 0 Å². The Morgan fingerprint density at radius 3 is 2.85 bits per heavy atom. The molecule has 0 bridgehead atoms. The number of fused-ring (bicyclic) bond motifs is 3. The van der Waals surface area contributed by atoms with Gasteiger partial charge in [-0.25, -0.2) is 4.79 Å². The molecule has 2 aromatic rings. The first-order valence-electron chi connectivity index (χ1n) is 9.78. The second-order valence-corrected chi connectivity index (χ2v) is 7.71. The average Bonchev–Trinajstić information content (AvgIpc) is 3.05. The van der Waals surface area contributed by atoms with Gasteiger partial charge in [-0.1, -0.05) is 24.6 Å². The quantitative estimate of drug-likeness (QED) is 0.844. The number of para-hydroxylation sites is 1. The van der Waals surface area contributed by atoms with Gasteiger partial charge in [-0.2, -0.15) is 0 Å². The van der Waals surface area contributed by atoms with Crippen LogP contribution in [0.5, 0.6) is 0 Å². The van der Waals surface area contributed by atoms with Crippen molar-refractivity contribution in [2.45, 2.75) is 51.2 Å². The van der Waals surface area contributed by atoms with E-state index in [0.717, 1.165) is 41.5 Å². The van der Waals surface area contributed by atoms with Crippen molar-refractivity contribution < 1.29 is 14.3 Å². The predicted octanol–water partition coefficient (Wildman–Crippen LogP) is 2.47. The summed E-state index contributed by atoms with van der Waals surface area (Å²) in [6.45, 7) is 3.91. The van der Waals surface area contributed by atoms with Gasteiger partial charge in [-0.3, -0.25) is 9.69 Å². The van der Waals surface area contributed by atoms with Crippen molar-refractivity contribution in [3.05, 3.63) is 35.5 Å². The molecule has 2 aliphatic heterocycles. The number of aromatic amines is 1. The highest BCUT2D eigenvalue weighted by Crippen LogP contribution is 2.31. The third kappa shape index (κ3) is 3.34. The van der Waals surface area contributed by atoms with E-state index in [1.807, 2.05) is 18.2 Å². The third-order valence-electron chi connectivity index (χ3n) is 6.08. The van der Waals surface area contributed by atoms with Gasteiger partial charge in [-0.15, -0.1) is 0 Å². The van der Waals surface area contributed by atoms with Crippen LogP contribution in [0.1, 0.15) is 37.4 Å². The molecular formula is C21H27N3O3. The maximum absolute atomic E-state index is 13.1. The van der Waals surface area contributed by atoms with E-state index in [9.17, 15) is 9.59 Å². The molecule has 4 rings (SSSR count). The van der Waals surface area contributed by atoms with E-state index in [2.05, 4.69) is 22.9 Å². The molecule has 144 valence electrons. The van der Waals surface area contributed by atoms with Gasteiger partial charge in [0.1, 0.15) is 6.04 Å². The number of H-pyrrole nitrogens is 1. The highest BCUT2D eigenvalue weighted by molar-refractivity contribution is 5.90. The molecule has 1 aromatic carbocycles. The second-order valence-electron chi connectivity index (χ2n) is 7.71. The molecule has 27 heavy (non-hydrogen) atoms. The number of esters is 1. The molecule has 2 aliphatic rings. The third-order valence-corrected chi connectivity index (χ3v) is 6.08. The van der Waals surface area contributed by atoms with Crippen LogP contribution in [-0.2, 0) is 27.3 Å². The van der Waals surface area contributed by atoms with Crippen molar-refractivity contribution in [2.75, 3.05) is 20.2 Å². The number of piperidine rings is 1. The fraction of sp³-hybridized carbons (Fsp3) is 0.524. The number of amides is 1. The van der Waals surface area contributed by atoms with Crippen LogP contribution in [0, 0.1) is 0 Å². The molecule has 3 heterocycles. The van der Waals surface area contributed by atoms with Gasteiger partial charge in [0.25, 0.3) is 0 Å². The number of benzene rings is 1. The predicted molar refractivity (Wildman–Crippen MR) is 103 cm³/mol. The van der Waals surface area contributed by atoms with E-state index in [1.165, 1.54) is 13.5 Å². The topological polar surface area (TPSA) is 65.6 Å². The Balaban J connectivity index is 1.61. The Labute approximate surface area is 159 Å². The van der Waals surface area contributed by atoms with E-state index in [1.54, 1.807) is 4.90 Å². The maximum Gasteiger partial charge on any atom is 0.328 e. The number of rotatable bonds is 3. The van der Waals surface area contributed by atoms with Gasteiger partial charge in [0.2, 0.25) is 5.91 Å². The number of nitrogens with one attached hydrogen (secondary N) is 1. The Bertz CT molecular complexity index is 859. The van der Waals surface area contributed by atoms with Crippen LogP contribution in [0.3, 0.4) is 0 Å². The zero-order valence-corrected chi connectivity index (χ0v) is 16.0. The minimum absolute atomic E-state index is 0.00320. The Kier molecular flexibility index (Phi) is 4.91. The summed E-state index contributed by atoms with van der Waals surface area (Å²) in [7, 11) is 1.39. The van der Waals surface area contributed by atoms with E-state index < -0.39 is 6.04 Å². The van der Waals surface area contributed by atoms with Crippen LogP contribution in [0.15, 0.2) is 24.3 Å². The average molecular weight is 369 g/mol. The number of methoxy groups -OCH3 is 1.